The average molecular weight is 486 g/mol. The molecule has 0 spiro atoms. The number of pyridine rings is 2. The molecule has 34 heavy (non-hydrogen) atoms. The molecule has 11 nitrogen and oxygen atoms in total. The summed E-state index contributed by atoms with van der Waals surface area (Å²) in [6.07, 6.45) is 3.25. The van der Waals surface area contributed by atoms with Gasteiger partial charge in [-0.3, -0.25) is 15.1 Å². The number of rotatable bonds is 6. The second-order valence-electron chi connectivity index (χ2n) is 7.76. The minimum Gasteiger partial charge on any atom is -0.441 e. The molecule has 0 radical (unpaired) electrons. The van der Waals surface area contributed by atoms with E-state index in [0.717, 1.165) is 12.8 Å². The molecule has 1 fully saturated rings. The highest BCUT2D eigenvalue weighted by atomic mass is 35.5. The average Bonchev–Trinajstić information content (AvgIpc) is 3.19. The lowest BCUT2D eigenvalue weighted by molar-refractivity contribution is 0.0696. The zero-order chi connectivity index (χ0) is 24.1. The van der Waals surface area contributed by atoms with Crippen LogP contribution >= 0.6 is 11.6 Å². The summed E-state index contributed by atoms with van der Waals surface area (Å²) >= 11 is 6.08. The molecule has 1 aliphatic rings. The van der Waals surface area contributed by atoms with Crippen molar-refractivity contribution in [3.63, 3.8) is 0 Å². The number of nitrogens with one attached hydrogen (secondary N) is 2. The van der Waals surface area contributed by atoms with Gasteiger partial charge >= 0.3 is 6.09 Å². The normalized spacial score (nSPS) is 14.9. The quantitative estimate of drug-likeness (QED) is 0.508. The molecule has 0 aromatic carbocycles. The van der Waals surface area contributed by atoms with Crippen molar-refractivity contribution in [2.45, 2.75) is 31.9 Å². The summed E-state index contributed by atoms with van der Waals surface area (Å²) in [7, 11) is 1.63. The van der Waals surface area contributed by atoms with E-state index in [9.17, 15) is 9.59 Å². The van der Waals surface area contributed by atoms with Gasteiger partial charge in [-0.1, -0.05) is 22.9 Å². The van der Waals surface area contributed by atoms with E-state index in [1.165, 1.54) is 10.9 Å². The van der Waals surface area contributed by atoms with Crippen molar-refractivity contribution in [3.05, 3.63) is 52.9 Å². The maximum atomic E-state index is 12.5. The largest absolute Gasteiger partial charge is 0.441 e. The summed E-state index contributed by atoms with van der Waals surface area (Å²) in [4.78, 5) is 33.4. The number of ether oxygens (including phenoxy) is 2. The van der Waals surface area contributed by atoms with Crippen molar-refractivity contribution in [2.24, 2.45) is 7.05 Å². The first-order chi connectivity index (χ1) is 16.4. The SMILES string of the molecule is C[C@@H](OC(=O)Nc1c(-c2ccc(C(=O)NC3CCOCC3)cn2)nnn1C)c1cccnc1Cl. The molecular formula is C22H24ClN7O4. The zero-order valence-corrected chi connectivity index (χ0v) is 19.5. The molecule has 4 heterocycles. The summed E-state index contributed by atoms with van der Waals surface area (Å²) in [6.45, 7) is 2.97. The van der Waals surface area contributed by atoms with E-state index in [-0.39, 0.29) is 17.1 Å². The Bertz CT molecular complexity index is 1160. The number of anilines is 1. The van der Waals surface area contributed by atoms with Gasteiger partial charge < -0.3 is 14.8 Å². The maximum Gasteiger partial charge on any atom is 0.413 e. The van der Waals surface area contributed by atoms with E-state index in [2.05, 4.69) is 30.9 Å². The van der Waals surface area contributed by atoms with Crippen molar-refractivity contribution in [1.29, 1.82) is 0 Å². The van der Waals surface area contributed by atoms with Crippen LogP contribution in [0.15, 0.2) is 36.7 Å². The van der Waals surface area contributed by atoms with E-state index in [0.29, 0.717) is 41.5 Å². The van der Waals surface area contributed by atoms with Gasteiger partial charge in [0.1, 0.15) is 11.3 Å². The fourth-order valence-corrected chi connectivity index (χ4v) is 3.77. The number of aromatic nitrogens is 5. The van der Waals surface area contributed by atoms with Gasteiger partial charge in [-0.05, 0) is 38.0 Å². The molecule has 0 bridgehead atoms. The molecule has 0 aliphatic carbocycles. The highest BCUT2D eigenvalue weighted by molar-refractivity contribution is 6.30. The fourth-order valence-electron chi connectivity index (χ4n) is 3.50. The van der Waals surface area contributed by atoms with Crippen molar-refractivity contribution in [2.75, 3.05) is 18.5 Å². The third kappa shape index (κ3) is 5.49. The van der Waals surface area contributed by atoms with Crippen molar-refractivity contribution >= 4 is 29.4 Å². The van der Waals surface area contributed by atoms with Gasteiger partial charge in [0.2, 0.25) is 0 Å². The van der Waals surface area contributed by atoms with Crippen LogP contribution in [-0.2, 0) is 16.5 Å². The van der Waals surface area contributed by atoms with E-state index in [1.807, 2.05) is 0 Å². The van der Waals surface area contributed by atoms with Gasteiger partial charge in [0.15, 0.2) is 11.5 Å². The Morgan fingerprint density at radius 3 is 2.74 bits per heavy atom. The predicted octanol–water partition coefficient (Wildman–Crippen LogP) is 3.14. The van der Waals surface area contributed by atoms with Crippen LogP contribution in [0.25, 0.3) is 11.4 Å². The minimum absolute atomic E-state index is 0.0895. The molecule has 4 rings (SSSR count). The Morgan fingerprint density at radius 2 is 2.03 bits per heavy atom. The van der Waals surface area contributed by atoms with Crippen LogP contribution in [0.4, 0.5) is 10.6 Å². The minimum atomic E-state index is -0.716. The van der Waals surface area contributed by atoms with Crippen LogP contribution in [0.5, 0.6) is 0 Å². The van der Waals surface area contributed by atoms with E-state index in [1.54, 1.807) is 44.4 Å². The Balaban J connectivity index is 1.43. The van der Waals surface area contributed by atoms with Gasteiger partial charge in [-0.25, -0.2) is 14.5 Å². The van der Waals surface area contributed by atoms with Crippen molar-refractivity contribution < 1.29 is 19.1 Å². The topological polar surface area (TPSA) is 133 Å². The number of carbonyl (C=O) groups is 2. The van der Waals surface area contributed by atoms with Crippen LogP contribution in [0.2, 0.25) is 5.15 Å². The first-order valence-corrected chi connectivity index (χ1v) is 11.1. The lowest BCUT2D eigenvalue weighted by Crippen LogP contribution is -2.38. The number of amides is 2. The second kappa shape index (κ2) is 10.6. The fraction of sp³-hybridized carbons (Fsp3) is 0.364. The molecule has 1 atom stereocenters. The van der Waals surface area contributed by atoms with Gasteiger partial charge in [-0.15, -0.1) is 5.10 Å². The molecule has 178 valence electrons. The number of hydrogen-bond acceptors (Lipinski definition) is 8. The number of carbonyl (C=O) groups excluding carboxylic acids is 2. The van der Waals surface area contributed by atoms with Gasteiger partial charge in [0.25, 0.3) is 5.91 Å². The summed E-state index contributed by atoms with van der Waals surface area (Å²) in [5, 5.41) is 14.0. The van der Waals surface area contributed by atoms with E-state index < -0.39 is 12.2 Å². The van der Waals surface area contributed by atoms with Gasteiger partial charge in [0, 0.05) is 44.3 Å². The van der Waals surface area contributed by atoms with E-state index in [4.69, 9.17) is 21.1 Å². The van der Waals surface area contributed by atoms with Crippen molar-refractivity contribution in [3.8, 4) is 11.4 Å². The summed E-state index contributed by atoms with van der Waals surface area (Å²) in [6, 6.07) is 6.83. The van der Waals surface area contributed by atoms with E-state index >= 15 is 0 Å². The van der Waals surface area contributed by atoms with Crippen LogP contribution in [0, 0.1) is 0 Å². The lowest BCUT2D eigenvalue weighted by Gasteiger charge is -2.23. The van der Waals surface area contributed by atoms with Crippen LogP contribution in [0.3, 0.4) is 0 Å². The van der Waals surface area contributed by atoms with Gasteiger partial charge in [0.05, 0.1) is 11.3 Å². The molecule has 12 heteroatoms. The molecule has 0 unspecified atom stereocenters. The van der Waals surface area contributed by atoms with Crippen LogP contribution < -0.4 is 10.6 Å². The molecule has 2 N–H and O–H groups in total. The molecule has 2 amide bonds. The Labute approximate surface area is 200 Å². The summed E-state index contributed by atoms with van der Waals surface area (Å²) < 4.78 is 12.1. The maximum absolute atomic E-state index is 12.5. The Morgan fingerprint density at radius 1 is 1.24 bits per heavy atom. The Hall–Kier alpha value is -3.57. The number of hydrogen-bond donors (Lipinski definition) is 2. The lowest BCUT2D eigenvalue weighted by atomic mass is 10.1. The standard InChI is InChI=1S/C22H24ClN7O4/c1-13(16-4-3-9-24-19(16)23)34-22(32)27-20-18(28-29-30(20)2)17-6-5-14(12-25-17)21(31)26-15-7-10-33-11-8-15/h3-6,9,12-13,15H,7-8,10-11H2,1-2H3,(H,26,31)(H,27,32)/t13-/m1/s1. The van der Waals surface area contributed by atoms with Crippen LogP contribution in [-0.4, -0.2) is 56.2 Å². The molecule has 0 saturated carbocycles. The van der Waals surface area contributed by atoms with Crippen molar-refractivity contribution in [1.82, 2.24) is 30.3 Å². The summed E-state index contributed by atoms with van der Waals surface area (Å²) in [5.74, 6) is 0.0939. The first kappa shape index (κ1) is 23.6. The molecular weight excluding hydrogens is 462 g/mol. The third-order valence-corrected chi connectivity index (χ3v) is 5.70. The number of aryl methyl sites for hydroxylation is 1. The molecule has 1 saturated heterocycles. The molecule has 3 aromatic rings. The zero-order valence-electron chi connectivity index (χ0n) is 18.7. The second-order valence-corrected chi connectivity index (χ2v) is 8.12. The molecule has 1 aliphatic heterocycles. The first-order valence-electron chi connectivity index (χ1n) is 10.7. The van der Waals surface area contributed by atoms with Gasteiger partial charge in [-0.2, -0.15) is 0 Å². The molecule has 3 aromatic heterocycles. The number of nitrogens with zero attached hydrogens (tertiary/aromatic N) is 5. The number of halogens is 1. The Kier molecular flexibility index (Phi) is 7.33. The van der Waals surface area contributed by atoms with Crippen LogP contribution in [0.1, 0.15) is 41.8 Å². The smallest absolute Gasteiger partial charge is 0.413 e. The monoisotopic (exact) mass is 485 g/mol. The highest BCUT2D eigenvalue weighted by Crippen LogP contribution is 2.26. The summed E-state index contributed by atoms with van der Waals surface area (Å²) in [5.41, 5.74) is 1.78. The highest BCUT2D eigenvalue weighted by Gasteiger charge is 2.21. The third-order valence-electron chi connectivity index (χ3n) is 5.38. The predicted molar refractivity (Wildman–Crippen MR) is 123 cm³/mol.